The molecule has 0 bridgehead atoms. The zero-order valence-corrected chi connectivity index (χ0v) is 19.9. The molecule has 172 valence electrons. The molecule has 0 aromatic heterocycles. The molecule has 0 saturated heterocycles. The molecule has 0 atom stereocenters. The number of hydrogen-bond donors (Lipinski definition) is 0. The Balaban J connectivity index is 1.34. The number of benzene rings is 4. The lowest BCUT2D eigenvalue weighted by atomic mass is 10.1. The summed E-state index contributed by atoms with van der Waals surface area (Å²) < 4.78 is 23.6. The van der Waals surface area contributed by atoms with Crippen LogP contribution in [-0.2, 0) is 17.8 Å². The van der Waals surface area contributed by atoms with Gasteiger partial charge in [-0.25, -0.2) is 0 Å². The molecule has 0 aliphatic heterocycles. The molecule has 0 unspecified atom stereocenters. The van der Waals surface area contributed by atoms with E-state index in [-0.39, 0.29) is 0 Å². The molecular weight excluding hydrogens is 470 g/mol. The van der Waals surface area contributed by atoms with Crippen molar-refractivity contribution >= 4 is 30.5 Å². The predicted molar refractivity (Wildman–Crippen MR) is 137 cm³/mol. The smallest absolute Gasteiger partial charge is 0.490 e. The second kappa shape index (κ2) is 12.4. The van der Waals surface area contributed by atoms with Crippen molar-refractivity contribution in [3.05, 3.63) is 124 Å². The highest BCUT2D eigenvalue weighted by Crippen LogP contribution is 2.22. The van der Waals surface area contributed by atoms with Crippen LogP contribution in [-0.4, -0.2) is 13.9 Å². The fraction of sp³-hybridized carbons (Fsp3) is 0.111. The predicted octanol–water partition coefficient (Wildman–Crippen LogP) is 7.27. The van der Waals surface area contributed by atoms with Crippen molar-refractivity contribution in [1.82, 2.24) is 0 Å². The summed E-state index contributed by atoms with van der Waals surface area (Å²) in [6.07, 6.45) is 0.883. The average molecular weight is 493 g/mol. The molecule has 0 aliphatic rings. The second-order valence-electron chi connectivity index (χ2n) is 7.48. The summed E-state index contributed by atoms with van der Waals surface area (Å²) in [6, 6.07) is 31.9. The van der Waals surface area contributed by atoms with Crippen LogP contribution >= 0.6 is 23.2 Å². The first kappa shape index (κ1) is 24.0. The molecule has 0 fully saturated rings. The van der Waals surface area contributed by atoms with Gasteiger partial charge in [-0.3, -0.25) is 0 Å². The minimum absolute atomic E-state index is 0.527. The second-order valence-corrected chi connectivity index (χ2v) is 8.36. The molecule has 7 heteroatoms. The van der Waals surface area contributed by atoms with Gasteiger partial charge in [0.2, 0.25) is 0 Å². The van der Waals surface area contributed by atoms with E-state index in [1.54, 1.807) is 48.5 Å². The molecule has 0 radical (unpaired) electrons. The first-order valence-electron chi connectivity index (χ1n) is 10.9. The van der Waals surface area contributed by atoms with Crippen LogP contribution in [0.2, 0.25) is 10.0 Å². The number of ether oxygens (including phenoxy) is 1. The van der Waals surface area contributed by atoms with E-state index in [0.717, 1.165) is 12.0 Å². The third-order valence-corrected chi connectivity index (χ3v) is 5.40. The third-order valence-electron chi connectivity index (χ3n) is 4.89. The van der Waals surface area contributed by atoms with E-state index < -0.39 is 7.32 Å². The Hall–Kier alpha value is -3.12. The minimum Gasteiger partial charge on any atom is -0.490 e. The maximum Gasteiger partial charge on any atom is 0.864 e. The Morgan fingerprint density at radius 3 is 1.50 bits per heavy atom. The SMILES string of the molecule is Clc1ccc(OB(Oc2ccc(Cl)cc2)Oc2ccc(COCCc3ccccc3)cc2)cc1. The Kier molecular flexibility index (Phi) is 8.74. The van der Waals surface area contributed by atoms with E-state index in [1.165, 1.54) is 5.56 Å². The normalized spacial score (nSPS) is 10.5. The van der Waals surface area contributed by atoms with Crippen LogP contribution in [0.1, 0.15) is 11.1 Å². The van der Waals surface area contributed by atoms with Crippen LogP contribution in [0.4, 0.5) is 0 Å². The summed E-state index contributed by atoms with van der Waals surface area (Å²) in [5.41, 5.74) is 2.31. The van der Waals surface area contributed by atoms with E-state index in [4.69, 9.17) is 41.9 Å². The lowest BCUT2D eigenvalue weighted by molar-refractivity contribution is 0.124. The first-order valence-corrected chi connectivity index (χ1v) is 11.6. The molecule has 0 aliphatic carbocycles. The summed E-state index contributed by atoms with van der Waals surface area (Å²) in [4.78, 5) is 0. The number of halogens is 2. The standard InChI is InChI=1S/C27H23BCl2O4/c29-23-8-14-26(15-9-23)33-28(34-27-16-10-24(30)11-17-27)32-25-12-6-22(7-13-25)20-31-19-18-21-4-2-1-3-5-21/h1-17H,18-20H2. The Morgan fingerprint density at radius 2 is 1.00 bits per heavy atom. The quantitative estimate of drug-likeness (QED) is 0.163. The summed E-state index contributed by atoms with van der Waals surface area (Å²) >= 11 is 11.9. The lowest BCUT2D eigenvalue weighted by Gasteiger charge is -2.17. The molecule has 4 aromatic carbocycles. The van der Waals surface area contributed by atoms with Crippen LogP contribution in [0.3, 0.4) is 0 Å². The third kappa shape index (κ3) is 7.74. The van der Waals surface area contributed by atoms with Crippen LogP contribution in [0, 0.1) is 0 Å². The molecule has 0 amide bonds. The molecule has 34 heavy (non-hydrogen) atoms. The van der Waals surface area contributed by atoms with E-state index in [9.17, 15) is 0 Å². The van der Waals surface area contributed by atoms with Gasteiger partial charge >= 0.3 is 7.32 Å². The maximum atomic E-state index is 5.97. The van der Waals surface area contributed by atoms with Gasteiger partial charge in [0.05, 0.1) is 13.2 Å². The van der Waals surface area contributed by atoms with Crippen LogP contribution in [0.15, 0.2) is 103 Å². The summed E-state index contributed by atoms with van der Waals surface area (Å²) in [5, 5.41) is 1.23. The number of hydrogen-bond acceptors (Lipinski definition) is 4. The van der Waals surface area contributed by atoms with Crippen LogP contribution in [0.25, 0.3) is 0 Å². The van der Waals surface area contributed by atoms with Gasteiger partial charge in [-0.2, -0.15) is 0 Å². The molecule has 4 aromatic rings. The average Bonchev–Trinajstić information content (AvgIpc) is 2.86. The van der Waals surface area contributed by atoms with Crippen molar-refractivity contribution in [1.29, 1.82) is 0 Å². The van der Waals surface area contributed by atoms with Gasteiger partial charge in [-0.1, -0.05) is 65.7 Å². The van der Waals surface area contributed by atoms with Gasteiger partial charge in [-0.15, -0.1) is 0 Å². The number of rotatable bonds is 11. The van der Waals surface area contributed by atoms with Crippen molar-refractivity contribution in [3.63, 3.8) is 0 Å². The molecule has 0 heterocycles. The van der Waals surface area contributed by atoms with Crippen molar-refractivity contribution < 1.29 is 18.7 Å². The first-order chi connectivity index (χ1) is 16.6. The molecule has 0 spiro atoms. The fourth-order valence-corrected chi connectivity index (χ4v) is 3.37. The van der Waals surface area contributed by atoms with Gasteiger partial charge in [0.25, 0.3) is 0 Å². The van der Waals surface area contributed by atoms with E-state index in [2.05, 4.69) is 12.1 Å². The zero-order valence-electron chi connectivity index (χ0n) is 18.4. The van der Waals surface area contributed by atoms with E-state index >= 15 is 0 Å². The Labute approximate surface area is 210 Å². The molecule has 0 N–H and O–H groups in total. The minimum atomic E-state index is -1.02. The lowest BCUT2D eigenvalue weighted by Crippen LogP contribution is -2.36. The van der Waals surface area contributed by atoms with Crippen molar-refractivity contribution in [2.24, 2.45) is 0 Å². The van der Waals surface area contributed by atoms with Crippen molar-refractivity contribution in [2.45, 2.75) is 13.0 Å². The van der Waals surface area contributed by atoms with Gasteiger partial charge in [0, 0.05) is 10.0 Å². The van der Waals surface area contributed by atoms with E-state index in [1.807, 2.05) is 42.5 Å². The van der Waals surface area contributed by atoms with Crippen molar-refractivity contribution in [2.75, 3.05) is 6.61 Å². The zero-order chi connectivity index (χ0) is 23.6. The van der Waals surface area contributed by atoms with Crippen LogP contribution < -0.4 is 14.0 Å². The highest BCUT2D eigenvalue weighted by Gasteiger charge is 2.30. The van der Waals surface area contributed by atoms with Gasteiger partial charge < -0.3 is 18.7 Å². The maximum absolute atomic E-state index is 5.97. The Morgan fingerprint density at radius 1 is 0.529 bits per heavy atom. The Bertz CT molecular complexity index is 1090. The highest BCUT2D eigenvalue weighted by atomic mass is 35.5. The van der Waals surface area contributed by atoms with Crippen molar-refractivity contribution in [3.8, 4) is 17.2 Å². The monoisotopic (exact) mass is 492 g/mol. The van der Waals surface area contributed by atoms with Gasteiger partial charge in [0.1, 0.15) is 17.2 Å². The van der Waals surface area contributed by atoms with Gasteiger partial charge in [0.15, 0.2) is 0 Å². The summed E-state index contributed by atoms with van der Waals surface area (Å²) in [6.45, 7) is 1.19. The molecule has 4 rings (SSSR count). The van der Waals surface area contributed by atoms with E-state index in [0.29, 0.717) is 40.5 Å². The molecule has 0 saturated carbocycles. The largest absolute Gasteiger partial charge is 0.864 e. The molecular formula is C27H23BCl2O4. The highest BCUT2D eigenvalue weighted by molar-refractivity contribution is 6.39. The molecule has 4 nitrogen and oxygen atoms in total. The fourth-order valence-electron chi connectivity index (χ4n) is 3.12. The topological polar surface area (TPSA) is 36.9 Å². The summed E-state index contributed by atoms with van der Waals surface area (Å²) in [7, 11) is -1.02. The van der Waals surface area contributed by atoms with Crippen LogP contribution in [0.5, 0.6) is 17.2 Å². The van der Waals surface area contributed by atoms with Gasteiger partial charge in [-0.05, 0) is 78.2 Å². The summed E-state index contributed by atoms with van der Waals surface area (Å²) in [5.74, 6) is 1.72.